The van der Waals surface area contributed by atoms with Crippen LogP contribution in [0.4, 0.5) is 5.69 Å². The minimum absolute atomic E-state index is 0.0296. The lowest BCUT2D eigenvalue weighted by Gasteiger charge is -2.32. The van der Waals surface area contributed by atoms with Crippen LogP contribution in [0.15, 0.2) is 83.8 Å². The molecular formula is C29H33Cl2N3O4S. The van der Waals surface area contributed by atoms with Crippen LogP contribution in [0.5, 0.6) is 0 Å². The Morgan fingerprint density at radius 2 is 1.56 bits per heavy atom. The van der Waals surface area contributed by atoms with Gasteiger partial charge in [0, 0.05) is 22.6 Å². The second-order valence-corrected chi connectivity index (χ2v) is 12.0. The smallest absolute Gasteiger partial charge is 0.264 e. The molecule has 3 aromatic carbocycles. The zero-order chi connectivity index (χ0) is 28.6. The molecule has 0 saturated carbocycles. The zero-order valence-electron chi connectivity index (χ0n) is 22.2. The molecule has 7 nitrogen and oxygen atoms in total. The Balaban J connectivity index is 1.97. The van der Waals surface area contributed by atoms with Crippen LogP contribution in [-0.4, -0.2) is 50.3 Å². The van der Waals surface area contributed by atoms with Crippen molar-refractivity contribution in [2.75, 3.05) is 17.4 Å². The summed E-state index contributed by atoms with van der Waals surface area (Å²) in [4.78, 5) is 28.3. The Morgan fingerprint density at radius 3 is 2.18 bits per heavy atom. The van der Waals surface area contributed by atoms with Gasteiger partial charge in [-0.15, -0.1) is 0 Å². The van der Waals surface area contributed by atoms with Gasteiger partial charge in [0.05, 0.1) is 10.6 Å². The summed E-state index contributed by atoms with van der Waals surface area (Å²) in [6, 6.07) is 20.7. The Labute approximate surface area is 240 Å². The van der Waals surface area contributed by atoms with Crippen molar-refractivity contribution in [3.8, 4) is 0 Å². The molecule has 0 aliphatic carbocycles. The fourth-order valence-electron chi connectivity index (χ4n) is 3.93. The van der Waals surface area contributed by atoms with E-state index in [9.17, 15) is 18.0 Å². The zero-order valence-corrected chi connectivity index (χ0v) is 24.5. The third kappa shape index (κ3) is 8.21. The van der Waals surface area contributed by atoms with Gasteiger partial charge < -0.3 is 10.2 Å². The number of hydrogen-bond donors (Lipinski definition) is 1. The monoisotopic (exact) mass is 589 g/mol. The molecule has 0 aromatic heterocycles. The summed E-state index contributed by atoms with van der Waals surface area (Å²) in [7, 11) is -4.18. The number of rotatable bonds is 12. The predicted molar refractivity (Wildman–Crippen MR) is 157 cm³/mol. The van der Waals surface area contributed by atoms with E-state index in [1.807, 2.05) is 44.2 Å². The van der Waals surface area contributed by atoms with Crippen LogP contribution in [0.25, 0.3) is 0 Å². The van der Waals surface area contributed by atoms with Crippen LogP contribution < -0.4 is 9.62 Å². The average Bonchev–Trinajstić information content (AvgIpc) is 2.92. The second kappa shape index (κ2) is 13.8. The maximum Gasteiger partial charge on any atom is 0.264 e. The maximum absolute atomic E-state index is 13.9. The number of carbonyl (C=O) groups is 2. The molecule has 0 spiro atoms. The summed E-state index contributed by atoms with van der Waals surface area (Å²) in [5.41, 5.74) is 1.22. The number of carbonyl (C=O) groups excluding carboxylic acids is 2. The van der Waals surface area contributed by atoms with E-state index in [4.69, 9.17) is 23.2 Å². The van der Waals surface area contributed by atoms with Gasteiger partial charge in [0.25, 0.3) is 10.0 Å². The van der Waals surface area contributed by atoms with Gasteiger partial charge in [0.15, 0.2) is 0 Å². The standard InChI is InChI=1S/C29H33Cl2N3O4S/c1-4-21(2)32-29(36)22(3)33(18-17-23-9-6-5-7-10-23)28(35)20-34(26-12-8-11-25(31)19-26)39(37,38)27-15-13-24(30)14-16-27/h5-16,19,21-22H,4,17-18,20H2,1-3H3,(H,32,36)/t21-,22-/m0/s1. The Morgan fingerprint density at radius 1 is 0.897 bits per heavy atom. The van der Waals surface area contributed by atoms with E-state index in [-0.39, 0.29) is 29.1 Å². The molecule has 0 fully saturated rings. The van der Waals surface area contributed by atoms with Crippen molar-refractivity contribution < 1.29 is 18.0 Å². The van der Waals surface area contributed by atoms with Gasteiger partial charge in [-0.3, -0.25) is 13.9 Å². The van der Waals surface area contributed by atoms with Crippen LogP contribution in [0.2, 0.25) is 10.0 Å². The maximum atomic E-state index is 13.9. The summed E-state index contributed by atoms with van der Waals surface area (Å²) in [6.07, 6.45) is 1.23. The lowest BCUT2D eigenvalue weighted by atomic mass is 10.1. The molecule has 2 amide bonds. The van der Waals surface area contributed by atoms with E-state index >= 15 is 0 Å². The van der Waals surface area contributed by atoms with E-state index in [2.05, 4.69) is 5.32 Å². The molecule has 0 saturated heterocycles. The molecule has 1 N–H and O–H groups in total. The van der Waals surface area contributed by atoms with E-state index in [0.29, 0.717) is 16.5 Å². The molecule has 3 rings (SSSR count). The topological polar surface area (TPSA) is 86.8 Å². The number of amides is 2. The number of sulfonamides is 1. The van der Waals surface area contributed by atoms with Gasteiger partial charge in [-0.25, -0.2) is 8.42 Å². The quantitative estimate of drug-likeness (QED) is 0.299. The number of nitrogens with one attached hydrogen (secondary N) is 1. The Kier molecular flexibility index (Phi) is 10.8. The van der Waals surface area contributed by atoms with E-state index < -0.39 is 28.5 Å². The highest BCUT2D eigenvalue weighted by atomic mass is 35.5. The molecule has 0 radical (unpaired) electrons. The van der Waals surface area contributed by atoms with Crippen molar-refractivity contribution in [3.05, 3.63) is 94.5 Å². The first-order valence-electron chi connectivity index (χ1n) is 12.7. The van der Waals surface area contributed by atoms with Crippen LogP contribution >= 0.6 is 23.2 Å². The van der Waals surface area contributed by atoms with Crippen molar-refractivity contribution in [3.63, 3.8) is 0 Å². The molecule has 0 unspecified atom stereocenters. The van der Waals surface area contributed by atoms with Gasteiger partial charge in [-0.1, -0.05) is 66.5 Å². The van der Waals surface area contributed by atoms with E-state index in [1.54, 1.807) is 25.1 Å². The van der Waals surface area contributed by atoms with Crippen LogP contribution in [0, 0.1) is 0 Å². The average molecular weight is 591 g/mol. The SMILES string of the molecule is CC[C@H](C)NC(=O)[C@H](C)N(CCc1ccccc1)C(=O)CN(c1cccc(Cl)c1)S(=O)(=O)c1ccc(Cl)cc1. The lowest BCUT2D eigenvalue weighted by Crippen LogP contribution is -2.53. The largest absolute Gasteiger partial charge is 0.352 e. The van der Waals surface area contributed by atoms with Gasteiger partial charge in [-0.2, -0.15) is 0 Å². The fourth-order valence-corrected chi connectivity index (χ4v) is 5.65. The van der Waals surface area contributed by atoms with Gasteiger partial charge >= 0.3 is 0 Å². The summed E-state index contributed by atoms with van der Waals surface area (Å²) < 4.78 is 28.6. The first-order chi connectivity index (χ1) is 18.5. The van der Waals surface area contributed by atoms with Crippen molar-refractivity contribution in [2.45, 2.75) is 50.6 Å². The highest BCUT2D eigenvalue weighted by Gasteiger charge is 2.32. The highest BCUT2D eigenvalue weighted by molar-refractivity contribution is 7.92. The number of anilines is 1. The molecule has 10 heteroatoms. The lowest BCUT2D eigenvalue weighted by molar-refractivity contribution is -0.139. The van der Waals surface area contributed by atoms with Crippen molar-refractivity contribution in [1.29, 1.82) is 0 Å². The minimum atomic E-state index is -4.18. The fraction of sp³-hybridized carbons (Fsp3) is 0.310. The minimum Gasteiger partial charge on any atom is -0.352 e. The normalized spacial score (nSPS) is 12.8. The number of halogens is 2. The number of nitrogens with zero attached hydrogens (tertiary/aromatic N) is 2. The molecule has 0 heterocycles. The highest BCUT2D eigenvalue weighted by Crippen LogP contribution is 2.27. The molecule has 39 heavy (non-hydrogen) atoms. The van der Waals surface area contributed by atoms with Crippen molar-refractivity contribution >= 4 is 50.7 Å². The molecule has 2 atom stereocenters. The summed E-state index contributed by atoms with van der Waals surface area (Å²) in [6.45, 7) is 5.19. The first-order valence-corrected chi connectivity index (χ1v) is 14.9. The van der Waals surface area contributed by atoms with Crippen molar-refractivity contribution in [2.24, 2.45) is 0 Å². The molecular weight excluding hydrogens is 557 g/mol. The molecule has 208 valence electrons. The summed E-state index contributed by atoms with van der Waals surface area (Å²) in [5.74, 6) is -0.823. The second-order valence-electron chi connectivity index (χ2n) is 9.26. The predicted octanol–water partition coefficient (Wildman–Crippen LogP) is 5.56. The number of benzene rings is 3. The first kappa shape index (κ1) is 30.5. The van der Waals surface area contributed by atoms with Crippen LogP contribution in [0.1, 0.15) is 32.8 Å². The number of hydrogen-bond acceptors (Lipinski definition) is 4. The summed E-state index contributed by atoms with van der Waals surface area (Å²) in [5, 5.41) is 3.62. The summed E-state index contributed by atoms with van der Waals surface area (Å²) >= 11 is 12.2. The van der Waals surface area contributed by atoms with Gasteiger partial charge in [0.1, 0.15) is 12.6 Å². The van der Waals surface area contributed by atoms with Crippen molar-refractivity contribution in [1.82, 2.24) is 10.2 Å². The molecule has 0 aliphatic rings. The third-order valence-electron chi connectivity index (χ3n) is 6.43. The van der Waals surface area contributed by atoms with Gasteiger partial charge in [-0.05, 0) is 74.7 Å². The van der Waals surface area contributed by atoms with E-state index in [0.717, 1.165) is 16.3 Å². The Bertz CT molecular complexity index is 1370. The molecule has 0 aliphatic heterocycles. The molecule has 0 bridgehead atoms. The van der Waals surface area contributed by atoms with Gasteiger partial charge in [0.2, 0.25) is 11.8 Å². The van der Waals surface area contributed by atoms with Crippen LogP contribution in [0.3, 0.4) is 0 Å². The third-order valence-corrected chi connectivity index (χ3v) is 8.70. The molecule has 3 aromatic rings. The van der Waals surface area contributed by atoms with Crippen LogP contribution in [-0.2, 0) is 26.0 Å². The Hall–Kier alpha value is -3.07. The van der Waals surface area contributed by atoms with E-state index in [1.165, 1.54) is 35.2 Å².